The van der Waals surface area contributed by atoms with Crippen molar-refractivity contribution < 1.29 is 0 Å². The van der Waals surface area contributed by atoms with Crippen molar-refractivity contribution >= 4 is 5.69 Å². The molecule has 0 aliphatic heterocycles. The number of hydrogen-bond donors (Lipinski definition) is 1. The number of aryl methyl sites for hydroxylation is 1. The fourth-order valence-electron chi connectivity index (χ4n) is 2.92. The molecule has 0 unspecified atom stereocenters. The van der Waals surface area contributed by atoms with Gasteiger partial charge in [0.25, 0.3) is 5.56 Å². The smallest absolute Gasteiger partial charge is 0.250 e. The number of aromatic nitrogens is 1. The molecular weight excluding hydrogens is 238 g/mol. The number of nitrogens with two attached hydrogens (primary N) is 1. The molecule has 0 bridgehead atoms. The number of hydrogen-bond acceptors (Lipinski definition) is 3. The van der Waals surface area contributed by atoms with Crippen LogP contribution < -0.4 is 11.3 Å². The highest BCUT2D eigenvalue weighted by molar-refractivity contribution is 5.33. The van der Waals surface area contributed by atoms with Gasteiger partial charge in [0.2, 0.25) is 0 Å². The lowest BCUT2D eigenvalue weighted by atomic mass is 9.94. The highest BCUT2D eigenvalue weighted by Gasteiger charge is 2.17. The lowest BCUT2D eigenvalue weighted by molar-refractivity contribution is 0.187. The van der Waals surface area contributed by atoms with E-state index in [2.05, 4.69) is 11.9 Å². The van der Waals surface area contributed by atoms with Crippen LogP contribution in [0, 0.1) is 0 Å². The van der Waals surface area contributed by atoms with Gasteiger partial charge in [0.05, 0.1) is 0 Å². The highest BCUT2D eigenvalue weighted by atomic mass is 16.1. The Kier molecular flexibility index (Phi) is 5.02. The van der Waals surface area contributed by atoms with Gasteiger partial charge in [-0.1, -0.05) is 19.3 Å². The molecule has 19 heavy (non-hydrogen) atoms. The van der Waals surface area contributed by atoms with Crippen LogP contribution in [0.2, 0.25) is 0 Å². The Morgan fingerprint density at radius 2 is 2.05 bits per heavy atom. The van der Waals surface area contributed by atoms with Crippen LogP contribution in [-0.2, 0) is 6.54 Å². The first-order chi connectivity index (χ1) is 9.16. The Morgan fingerprint density at radius 3 is 2.79 bits per heavy atom. The van der Waals surface area contributed by atoms with Gasteiger partial charge in [0.15, 0.2) is 0 Å². The Balaban J connectivity index is 1.79. The SMILES string of the molecule is CN(CCCn1cc(N)ccc1=O)C1CCCCC1. The van der Waals surface area contributed by atoms with Gasteiger partial charge in [-0.25, -0.2) is 0 Å². The van der Waals surface area contributed by atoms with E-state index < -0.39 is 0 Å². The molecule has 1 heterocycles. The van der Waals surface area contributed by atoms with Crippen molar-refractivity contribution in [3.63, 3.8) is 0 Å². The molecule has 0 radical (unpaired) electrons. The van der Waals surface area contributed by atoms with Gasteiger partial charge in [0.1, 0.15) is 0 Å². The Hall–Kier alpha value is -1.29. The summed E-state index contributed by atoms with van der Waals surface area (Å²) in [5.74, 6) is 0. The van der Waals surface area contributed by atoms with Crippen molar-refractivity contribution in [3.05, 3.63) is 28.7 Å². The van der Waals surface area contributed by atoms with Crippen LogP contribution in [0.15, 0.2) is 23.1 Å². The summed E-state index contributed by atoms with van der Waals surface area (Å²) in [6.45, 7) is 1.80. The maximum absolute atomic E-state index is 11.6. The van der Waals surface area contributed by atoms with Crippen LogP contribution in [0.25, 0.3) is 0 Å². The monoisotopic (exact) mass is 263 g/mol. The van der Waals surface area contributed by atoms with Gasteiger partial charge in [-0.2, -0.15) is 0 Å². The van der Waals surface area contributed by atoms with Crippen LogP contribution in [0.4, 0.5) is 5.69 Å². The summed E-state index contributed by atoms with van der Waals surface area (Å²) in [6, 6.07) is 3.94. The summed E-state index contributed by atoms with van der Waals surface area (Å²) >= 11 is 0. The molecule has 4 nitrogen and oxygen atoms in total. The van der Waals surface area contributed by atoms with Gasteiger partial charge in [-0.3, -0.25) is 4.79 Å². The Labute approximate surface area is 115 Å². The second-order valence-corrected chi connectivity index (χ2v) is 5.62. The summed E-state index contributed by atoms with van der Waals surface area (Å²) < 4.78 is 1.71. The highest BCUT2D eigenvalue weighted by Crippen LogP contribution is 2.21. The molecule has 0 spiro atoms. The van der Waals surface area contributed by atoms with E-state index in [1.165, 1.54) is 32.1 Å². The molecule has 1 aromatic heterocycles. The normalized spacial score (nSPS) is 16.9. The van der Waals surface area contributed by atoms with Crippen molar-refractivity contribution in [3.8, 4) is 0 Å². The molecule has 4 heteroatoms. The van der Waals surface area contributed by atoms with E-state index in [9.17, 15) is 4.79 Å². The maximum Gasteiger partial charge on any atom is 0.250 e. The number of anilines is 1. The van der Waals surface area contributed by atoms with Gasteiger partial charge in [0, 0.05) is 30.5 Å². The Bertz CT molecular complexity index is 449. The molecule has 1 fully saturated rings. The molecule has 1 aromatic rings. The first-order valence-electron chi connectivity index (χ1n) is 7.33. The molecule has 106 valence electrons. The topological polar surface area (TPSA) is 51.3 Å². The number of nitrogens with zero attached hydrogens (tertiary/aromatic N) is 2. The molecule has 1 aliphatic rings. The van der Waals surface area contributed by atoms with Crippen LogP contribution in [0.3, 0.4) is 0 Å². The van der Waals surface area contributed by atoms with Gasteiger partial charge < -0.3 is 15.2 Å². The quantitative estimate of drug-likeness (QED) is 0.885. The van der Waals surface area contributed by atoms with Gasteiger partial charge in [-0.15, -0.1) is 0 Å². The van der Waals surface area contributed by atoms with E-state index in [-0.39, 0.29) is 5.56 Å². The summed E-state index contributed by atoms with van der Waals surface area (Å²) in [4.78, 5) is 14.1. The first kappa shape index (κ1) is 14.1. The van der Waals surface area contributed by atoms with Crippen LogP contribution in [0.1, 0.15) is 38.5 Å². The van der Waals surface area contributed by atoms with Gasteiger partial charge >= 0.3 is 0 Å². The minimum atomic E-state index is 0.0366. The average molecular weight is 263 g/mol. The third-order valence-electron chi connectivity index (χ3n) is 4.11. The van der Waals surface area contributed by atoms with E-state index in [0.717, 1.165) is 25.6 Å². The lowest BCUT2D eigenvalue weighted by Crippen LogP contribution is -2.34. The predicted octanol–water partition coefficient (Wildman–Crippen LogP) is 2.09. The minimum absolute atomic E-state index is 0.0366. The zero-order chi connectivity index (χ0) is 13.7. The molecule has 2 rings (SSSR count). The summed E-state index contributed by atoms with van der Waals surface area (Å²) in [5, 5.41) is 0. The zero-order valence-corrected chi connectivity index (χ0v) is 11.8. The Morgan fingerprint density at radius 1 is 1.32 bits per heavy atom. The molecule has 1 aliphatic carbocycles. The molecule has 0 saturated heterocycles. The van der Waals surface area contributed by atoms with Crippen molar-refractivity contribution in [1.82, 2.24) is 9.47 Å². The number of nitrogen functional groups attached to an aromatic ring is 1. The standard InChI is InChI=1S/C15H25N3O/c1-17(14-6-3-2-4-7-14)10-5-11-18-12-13(16)8-9-15(18)19/h8-9,12,14H,2-7,10-11,16H2,1H3. The van der Waals surface area contributed by atoms with Crippen LogP contribution in [-0.4, -0.2) is 29.1 Å². The fourth-order valence-corrected chi connectivity index (χ4v) is 2.92. The molecule has 0 atom stereocenters. The average Bonchev–Trinajstić information content (AvgIpc) is 2.43. The molecule has 2 N–H and O–H groups in total. The molecule has 0 amide bonds. The first-order valence-corrected chi connectivity index (χ1v) is 7.33. The third-order valence-corrected chi connectivity index (χ3v) is 4.11. The van der Waals surface area contributed by atoms with Crippen molar-refractivity contribution in [2.45, 2.75) is 51.1 Å². The fraction of sp³-hybridized carbons (Fsp3) is 0.667. The second kappa shape index (κ2) is 6.75. The zero-order valence-electron chi connectivity index (χ0n) is 11.8. The molecule has 0 aromatic carbocycles. The lowest BCUT2D eigenvalue weighted by Gasteiger charge is -2.31. The van der Waals surface area contributed by atoms with Crippen molar-refractivity contribution in [2.75, 3.05) is 19.3 Å². The minimum Gasteiger partial charge on any atom is -0.398 e. The molecule has 1 saturated carbocycles. The van der Waals surface area contributed by atoms with Crippen molar-refractivity contribution in [2.24, 2.45) is 0 Å². The van der Waals surface area contributed by atoms with E-state index in [0.29, 0.717) is 5.69 Å². The second-order valence-electron chi connectivity index (χ2n) is 5.62. The van der Waals surface area contributed by atoms with E-state index in [1.54, 1.807) is 22.9 Å². The van der Waals surface area contributed by atoms with E-state index in [1.807, 2.05) is 0 Å². The third kappa shape index (κ3) is 4.10. The van der Waals surface area contributed by atoms with Crippen LogP contribution in [0.5, 0.6) is 0 Å². The summed E-state index contributed by atoms with van der Waals surface area (Å²) in [7, 11) is 2.21. The van der Waals surface area contributed by atoms with Crippen LogP contribution >= 0.6 is 0 Å². The summed E-state index contributed by atoms with van der Waals surface area (Å²) in [5.41, 5.74) is 6.40. The molecular formula is C15H25N3O. The van der Waals surface area contributed by atoms with Gasteiger partial charge in [-0.05, 0) is 38.9 Å². The summed E-state index contributed by atoms with van der Waals surface area (Å²) in [6.07, 6.45) is 9.51. The number of rotatable bonds is 5. The van der Waals surface area contributed by atoms with E-state index in [4.69, 9.17) is 5.73 Å². The maximum atomic E-state index is 11.6. The van der Waals surface area contributed by atoms with E-state index >= 15 is 0 Å². The van der Waals surface area contributed by atoms with Crippen molar-refractivity contribution in [1.29, 1.82) is 0 Å². The predicted molar refractivity (Wildman–Crippen MR) is 79.2 cm³/mol. The largest absolute Gasteiger partial charge is 0.398 e. The number of pyridine rings is 1.